The minimum Gasteiger partial charge on any atom is -0.472 e. The third kappa shape index (κ3) is 12.0. The van der Waals surface area contributed by atoms with Crippen molar-refractivity contribution in [2.24, 2.45) is 10.9 Å². The Labute approximate surface area is 223 Å². The fourth-order valence-corrected chi connectivity index (χ4v) is 4.16. The first kappa shape index (κ1) is 31.2. The van der Waals surface area contributed by atoms with E-state index < -0.39 is 12.8 Å². The van der Waals surface area contributed by atoms with Crippen molar-refractivity contribution in [3.05, 3.63) is 35.7 Å². The van der Waals surface area contributed by atoms with Crippen LogP contribution in [0.25, 0.3) is 0 Å². The summed E-state index contributed by atoms with van der Waals surface area (Å²) in [6.45, 7) is 8.13. The van der Waals surface area contributed by atoms with E-state index in [-0.39, 0.29) is 12.0 Å². The van der Waals surface area contributed by atoms with E-state index in [0.717, 1.165) is 63.2 Å². The number of alkyl halides is 3. The normalized spacial score (nSPS) is 21.2. The van der Waals surface area contributed by atoms with Gasteiger partial charge in [0.25, 0.3) is 0 Å². The van der Waals surface area contributed by atoms with Crippen molar-refractivity contribution < 1.29 is 32.2 Å². The summed E-state index contributed by atoms with van der Waals surface area (Å²) >= 11 is 0. The average molecular weight is 541 g/mol. The summed E-state index contributed by atoms with van der Waals surface area (Å²) in [5.41, 5.74) is 7.75. The van der Waals surface area contributed by atoms with Crippen LogP contribution in [-0.2, 0) is 27.2 Å². The molecule has 8 nitrogen and oxygen atoms in total. The highest BCUT2D eigenvalue weighted by Crippen LogP contribution is 2.22. The lowest BCUT2D eigenvalue weighted by Crippen LogP contribution is -2.31. The standard InChI is InChI=1S/C18H25F3N2O2.C7H12N2O2.C2H2/c19-18(20,21)13-25-17-5-4-14-6-9-23(11-8-16(14)22-17)10-7-15-3-1-2-12-24-15;1-5(8)4-10-7-3-6(2)11-9-7;1-2/h4-5,15H,1-3,6-13H2;6H,1,3-4,8H2,2H3;1-2H/t15-;;/m1../s1. The molecule has 4 heterocycles. The van der Waals surface area contributed by atoms with Crippen LogP contribution >= 0.6 is 0 Å². The van der Waals surface area contributed by atoms with Crippen molar-refractivity contribution in [1.82, 2.24) is 9.88 Å². The fourth-order valence-electron chi connectivity index (χ4n) is 4.16. The largest absolute Gasteiger partial charge is 0.472 e. The van der Waals surface area contributed by atoms with Gasteiger partial charge in [-0.2, -0.15) is 13.2 Å². The number of fused-ring (bicyclic) bond motifs is 1. The highest BCUT2D eigenvalue weighted by Gasteiger charge is 2.29. The van der Waals surface area contributed by atoms with Crippen LogP contribution in [0.4, 0.5) is 13.2 Å². The van der Waals surface area contributed by atoms with Gasteiger partial charge in [-0.25, -0.2) is 4.98 Å². The summed E-state index contributed by atoms with van der Waals surface area (Å²) in [7, 11) is 0. The van der Waals surface area contributed by atoms with E-state index >= 15 is 0 Å². The second-order valence-corrected chi connectivity index (χ2v) is 9.33. The number of pyridine rings is 1. The number of nitrogens with two attached hydrogens (primary N) is 1. The third-order valence-corrected chi connectivity index (χ3v) is 6.05. The molecule has 0 amide bonds. The molecule has 0 aliphatic carbocycles. The van der Waals surface area contributed by atoms with Crippen molar-refractivity contribution in [2.45, 2.75) is 70.3 Å². The van der Waals surface area contributed by atoms with Gasteiger partial charge in [0.05, 0.1) is 12.5 Å². The molecule has 1 aromatic heterocycles. The van der Waals surface area contributed by atoms with Gasteiger partial charge in [-0.1, -0.05) is 17.8 Å². The van der Waals surface area contributed by atoms with Gasteiger partial charge in [0, 0.05) is 50.1 Å². The van der Waals surface area contributed by atoms with Gasteiger partial charge in [-0.05, 0) is 44.6 Å². The third-order valence-electron chi connectivity index (χ3n) is 6.05. The number of aromatic nitrogens is 1. The molecule has 2 N–H and O–H groups in total. The Morgan fingerprint density at radius 2 is 1.97 bits per heavy atom. The zero-order chi connectivity index (χ0) is 28.0. The van der Waals surface area contributed by atoms with E-state index in [1.54, 1.807) is 0 Å². The van der Waals surface area contributed by atoms with Crippen LogP contribution in [0.2, 0.25) is 0 Å². The van der Waals surface area contributed by atoms with Crippen molar-refractivity contribution in [3.8, 4) is 18.7 Å². The van der Waals surface area contributed by atoms with Crippen molar-refractivity contribution >= 4 is 5.90 Å². The topological polar surface area (TPSA) is 91.4 Å². The molecular formula is C27H39F3N4O4. The lowest BCUT2D eigenvalue weighted by atomic mass is 10.1. The second kappa shape index (κ2) is 16.1. The first-order valence-corrected chi connectivity index (χ1v) is 12.8. The number of oxime groups is 1. The lowest BCUT2D eigenvalue weighted by Gasteiger charge is -2.26. The summed E-state index contributed by atoms with van der Waals surface area (Å²) in [6, 6.07) is 3.39. The number of terminal acetylenes is 1. The first-order chi connectivity index (χ1) is 18.2. The zero-order valence-corrected chi connectivity index (χ0v) is 22.0. The van der Waals surface area contributed by atoms with E-state index in [9.17, 15) is 13.2 Å². The van der Waals surface area contributed by atoms with Crippen LogP contribution in [0.15, 0.2) is 29.6 Å². The molecule has 1 unspecified atom stereocenters. The predicted octanol–water partition coefficient (Wildman–Crippen LogP) is 4.23. The van der Waals surface area contributed by atoms with E-state index in [2.05, 4.69) is 34.5 Å². The average Bonchev–Trinajstić information content (AvgIpc) is 3.22. The molecule has 212 valence electrons. The molecule has 0 radical (unpaired) electrons. The van der Waals surface area contributed by atoms with Crippen LogP contribution in [0.3, 0.4) is 0 Å². The molecule has 4 rings (SSSR count). The minimum absolute atomic E-state index is 0.0557. The second-order valence-electron chi connectivity index (χ2n) is 9.33. The van der Waals surface area contributed by atoms with Crippen LogP contribution in [-0.4, -0.2) is 73.6 Å². The van der Waals surface area contributed by atoms with Gasteiger partial charge in [0.2, 0.25) is 11.8 Å². The van der Waals surface area contributed by atoms with Crippen LogP contribution in [0.1, 0.15) is 50.3 Å². The maximum absolute atomic E-state index is 12.3. The first-order valence-electron chi connectivity index (χ1n) is 12.8. The Morgan fingerprint density at radius 3 is 2.61 bits per heavy atom. The Morgan fingerprint density at radius 1 is 1.21 bits per heavy atom. The number of nitrogens with zero attached hydrogens (tertiary/aromatic N) is 3. The van der Waals surface area contributed by atoms with Crippen LogP contribution in [0, 0.1) is 12.8 Å². The molecule has 11 heteroatoms. The van der Waals surface area contributed by atoms with Crippen molar-refractivity contribution in [1.29, 1.82) is 0 Å². The smallest absolute Gasteiger partial charge is 0.422 e. The monoisotopic (exact) mass is 540 g/mol. The quantitative estimate of drug-likeness (QED) is 0.518. The maximum Gasteiger partial charge on any atom is 0.422 e. The Bertz CT molecular complexity index is 917. The Kier molecular flexibility index (Phi) is 13.2. The molecule has 0 spiro atoms. The van der Waals surface area contributed by atoms with Gasteiger partial charge in [0.15, 0.2) is 6.61 Å². The summed E-state index contributed by atoms with van der Waals surface area (Å²) < 4.78 is 52.5. The lowest BCUT2D eigenvalue weighted by molar-refractivity contribution is -0.154. The van der Waals surface area contributed by atoms with E-state index in [1.165, 1.54) is 18.9 Å². The molecule has 0 saturated carbocycles. The maximum atomic E-state index is 12.3. The molecule has 1 fully saturated rings. The number of ether oxygens (including phenoxy) is 3. The summed E-state index contributed by atoms with van der Waals surface area (Å²) in [5, 5.41) is 3.69. The molecule has 38 heavy (non-hydrogen) atoms. The van der Waals surface area contributed by atoms with Gasteiger partial charge >= 0.3 is 6.18 Å². The molecule has 0 bridgehead atoms. The molecule has 1 aromatic rings. The van der Waals surface area contributed by atoms with E-state index in [4.69, 9.17) is 24.8 Å². The highest BCUT2D eigenvalue weighted by atomic mass is 19.4. The van der Waals surface area contributed by atoms with Crippen molar-refractivity contribution in [2.75, 3.05) is 39.5 Å². The molecular weight excluding hydrogens is 501 g/mol. The summed E-state index contributed by atoms with van der Waals surface area (Å²) in [4.78, 5) is 11.6. The molecule has 2 atom stereocenters. The molecule has 1 saturated heterocycles. The highest BCUT2D eigenvalue weighted by molar-refractivity contribution is 5.77. The zero-order valence-electron chi connectivity index (χ0n) is 22.0. The predicted molar refractivity (Wildman–Crippen MR) is 140 cm³/mol. The number of halogens is 3. The van der Waals surface area contributed by atoms with Crippen LogP contribution < -0.4 is 10.5 Å². The van der Waals surface area contributed by atoms with E-state index in [0.29, 0.717) is 30.7 Å². The number of hydrogen-bond acceptors (Lipinski definition) is 8. The minimum atomic E-state index is -4.34. The van der Waals surface area contributed by atoms with Crippen LogP contribution in [0.5, 0.6) is 5.88 Å². The fraction of sp³-hybridized carbons (Fsp3) is 0.630. The Balaban J connectivity index is 0.000000327. The molecule has 3 aliphatic heterocycles. The molecule has 3 aliphatic rings. The summed E-state index contributed by atoms with van der Waals surface area (Å²) in [5.74, 6) is 0.657. The van der Waals surface area contributed by atoms with Crippen molar-refractivity contribution in [3.63, 3.8) is 0 Å². The SMILES string of the molecule is C#C.C=C(N)COC1=NOC(C)C1.FC(F)(F)COc1ccc2c(n1)CCN(CC[C@H]1CCCCO1)CC2. The van der Waals surface area contributed by atoms with Gasteiger partial charge in [0.1, 0.15) is 12.7 Å². The van der Waals surface area contributed by atoms with Gasteiger partial charge in [-0.3, -0.25) is 0 Å². The molecule has 0 aromatic carbocycles. The summed E-state index contributed by atoms with van der Waals surface area (Å²) in [6.07, 6.45) is 11.1. The van der Waals surface area contributed by atoms with E-state index in [1.807, 2.05) is 13.0 Å². The van der Waals surface area contributed by atoms with Gasteiger partial charge in [-0.15, -0.1) is 12.8 Å². The number of hydrogen-bond donors (Lipinski definition) is 1. The van der Waals surface area contributed by atoms with Gasteiger partial charge < -0.3 is 29.7 Å². The Hall–Kier alpha value is -2.97. The number of rotatable bonds is 7.